The van der Waals surface area contributed by atoms with Crippen LogP contribution >= 0.6 is 0 Å². The predicted octanol–water partition coefficient (Wildman–Crippen LogP) is 4.73. The number of amides is 1. The van der Waals surface area contributed by atoms with Gasteiger partial charge in [0, 0.05) is 38.3 Å². The van der Waals surface area contributed by atoms with Crippen LogP contribution in [0.15, 0.2) is 71.3 Å². The molecule has 174 valence electrons. The Bertz CT molecular complexity index is 1060. The van der Waals surface area contributed by atoms with Gasteiger partial charge in [-0.3, -0.25) is 9.69 Å². The number of halogens is 4. The summed E-state index contributed by atoms with van der Waals surface area (Å²) in [7, 11) is 0. The largest absolute Gasteiger partial charge is 0.468 e. The second-order valence-corrected chi connectivity index (χ2v) is 7.79. The number of nitrogens with one attached hydrogen (secondary N) is 1. The summed E-state index contributed by atoms with van der Waals surface area (Å²) in [6.07, 6.45) is -2.90. The van der Waals surface area contributed by atoms with Crippen molar-refractivity contribution in [3.63, 3.8) is 0 Å². The highest BCUT2D eigenvalue weighted by Crippen LogP contribution is 2.29. The zero-order chi connectivity index (χ0) is 23.4. The summed E-state index contributed by atoms with van der Waals surface area (Å²) in [5.74, 6) is -0.0651. The van der Waals surface area contributed by atoms with Crippen molar-refractivity contribution < 1.29 is 26.8 Å². The van der Waals surface area contributed by atoms with Gasteiger partial charge in [0.15, 0.2) is 0 Å². The van der Waals surface area contributed by atoms with E-state index in [1.54, 1.807) is 30.5 Å². The van der Waals surface area contributed by atoms with Gasteiger partial charge in [-0.1, -0.05) is 12.1 Å². The van der Waals surface area contributed by atoms with Crippen molar-refractivity contribution >= 4 is 11.6 Å². The van der Waals surface area contributed by atoms with E-state index >= 15 is 0 Å². The van der Waals surface area contributed by atoms with Crippen molar-refractivity contribution in [3.05, 3.63) is 89.6 Å². The Morgan fingerprint density at radius 2 is 1.67 bits per heavy atom. The Morgan fingerprint density at radius 3 is 2.27 bits per heavy atom. The van der Waals surface area contributed by atoms with E-state index < -0.39 is 17.6 Å². The normalized spacial score (nSPS) is 15.9. The molecule has 1 aromatic heterocycles. The van der Waals surface area contributed by atoms with Gasteiger partial charge in [0.1, 0.15) is 11.6 Å². The van der Waals surface area contributed by atoms with E-state index in [1.807, 2.05) is 11.0 Å². The van der Waals surface area contributed by atoms with Crippen molar-refractivity contribution in [2.75, 3.05) is 37.6 Å². The summed E-state index contributed by atoms with van der Waals surface area (Å²) in [5, 5.41) is 2.80. The maximum absolute atomic E-state index is 14.1. The second kappa shape index (κ2) is 9.66. The van der Waals surface area contributed by atoms with Gasteiger partial charge in [-0.15, -0.1) is 0 Å². The molecule has 1 saturated heterocycles. The first-order valence-electron chi connectivity index (χ1n) is 10.6. The molecule has 9 heteroatoms. The van der Waals surface area contributed by atoms with Crippen LogP contribution in [0.3, 0.4) is 0 Å². The van der Waals surface area contributed by atoms with Crippen LogP contribution in [0.25, 0.3) is 0 Å². The molecule has 0 spiro atoms. The van der Waals surface area contributed by atoms with Crippen LogP contribution in [0.5, 0.6) is 0 Å². The van der Waals surface area contributed by atoms with Gasteiger partial charge in [-0.2, -0.15) is 13.2 Å². The van der Waals surface area contributed by atoms with Gasteiger partial charge in [0.25, 0.3) is 5.91 Å². The maximum Gasteiger partial charge on any atom is 0.416 e. The molecule has 1 atom stereocenters. The zero-order valence-electron chi connectivity index (χ0n) is 17.7. The molecule has 2 aromatic carbocycles. The number of benzene rings is 2. The summed E-state index contributed by atoms with van der Waals surface area (Å²) in [4.78, 5) is 16.7. The first-order valence-corrected chi connectivity index (χ1v) is 10.6. The molecule has 4 rings (SSSR count). The highest BCUT2D eigenvalue weighted by Gasteiger charge is 2.31. The van der Waals surface area contributed by atoms with Crippen LogP contribution in [-0.2, 0) is 6.18 Å². The number of carbonyl (C=O) groups excluding carboxylic acids is 1. The van der Waals surface area contributed by atoms with E-state index in [4.69, 9.17) is 4.42 Å². The van der Waals surface area contributed by atoms with Gasteiger partial charge in [0.2, 0.25) is 0 Å². The third-order valence-corrected chi connectivity index (χ3v) is 5.75. The fourth-order valence-electron chi connectivity index (χ4n) is 3.98. The predicted molar refractivity (Wildman–Crippen MR) is 115 cm³/mol. The van der Waals surface area contributed by atoms with E-state index in [1.165, 1.54) is 6.07 Å². The third-order valence-electron chi connectivity index (χ3n) is 5.75. The molecule has 5 nitrogen and oxygen atoms in total. The molecule has 0 aliphatic carbocycles. The number of anilines is 1. The summed E-state index contributed by atoms with van der Waals surface area (Å²) in [5.41, 5.74) is -0.104. The molecular formula is C24H23F4N3O2. The molecule has 3 aromatic rings. The lowest BCUT2D eigenvalue weighted by Gasteiger charge is -2.39. The van der Waals surface area contributed by atoms with E-state index in [0.29, 0.717) is 37.6 Å². The average Bonchev–Trinajstić information content (AvgIpc) is 3.34. The molecule has 1 fully saturated rings. The lowest BCUT2D eigenvalue weighted by Crippen LogP contribution is -2.50. The number of hydrogen-bond donors (Lipinski definition) is 1. The highest BCUT2D eigenvalue weighted by atomic mass is 19.4. The topological polar surface area (TPSA) is 48.7 Å². The third kappa shape index (κ3) is 5.36. The Kier molecular flexibility index (Phi) is 6.69. The van der Waals surface area contributed by atoms with Gasteiger partial charge in [0.05, 0.1) is 23.6 Å². The van der Waals surface area contributed by atoms with Crippen molar-refractivity contribution in [2.45, 2.75) is 12.2 Å². The molecule has 0 unspecified atom stereocenters. The molecule has 0 radical (unpaired) electrons. The van der Waals surface area contributed by atoms with E-state index in [0.717, 1.165) is 24.3 Å². The first kappa shape index (κ1) is 22.8. The van der Waals surface area contributed by atoms with Crippen LogP contribution in [0, 0.1) is 5.82 Å². The Morgan fingerprint density at radius 1 is 0.970 bits per heavy atom. The smallest absolute Gasteiger partial charge is 0.416 e. The molecule has 1 N–H and O–H groups in total. The first-order chi connectivity index (χ1) is 15.8. The van der Waals surface area contributed by atoms with Crippen LogP contribution in [-0.4, -0.2) is 43.5 Å². The SMILES string of the molecule is O=C(NC[C@@H](c1ccco1)N1CCN(c2ccccc2F)CC1)c1ccc(C(F)(F)F)cc1. The summed E-state index contributed by atoms with van der Waals surface area (Å²) >= 11 is 0. The zero-order valence-corrected chi connectivity index (χ0v) is 17.7. The van der Waals surface area contributed by atoms with Crippen LogP contribution < -0.4 is 10.2 Å². The minimum atomic E-state index is -4.45. The van der Waals surface area contributed by atoms with E-state index in [2.05, 4.69) is 10.2 Å². The Labute approximate surface area is 188 Å². The van der Waals surface area contributed by atoms with Crippen molar-refractivity contribution in [1.82, 2.24) is 10.2 Å². The minimum Gasteiger partial charge on any atom is -0.468 e. The van der Waals surface area contributed by atoms with Crippen molar-refractivity contribution in [1.29, 1.82) is 0 Å². The minimum absolute atomic E-state index is 0.144. The van der Waals surface area contributed by atoms with Crippen molar-refractivity contribution in [2.24, 2.45) is 0 Å². The van der Waals surface area contributed by atoms with Gasteiger partial charge in [-0.05, 0) is 48.5 Å². The number of para-hydroxylation sites is 1. The van der Waals surface area contributed by atoms with Gasteiger partial charge >= 0.3 is 6.18 Å². The van der Waals surface area contributed by atoms with Gasteiger partial charge in [-0.25, -0.2) is 4.39 Å². The number of hydrogen-bond acceptors (Lipinski definition) is 4. The summed E-state index contributed by atoms with van der Waals surface area (Å²) in [6, 6.07) is 14.1. The maximum atomic E-state index is 14.1. The molecule has 0 saturated carbocycles. The summed E-state index contributed by atoms with van der Waals surface area (Å²) < 4.78 is 58.0. The van der Waals surface area contributed by atoms with E-state index in [-0.39, 0.29) is 24.0 Å². The summed E-state index contributed by atoms with van der Waals surface area (Å²) in [6.45, 7) is 2.66. The number of rotatable bonds is 6. The molecular weight excluding hydrogens is 438 g/mol. The number of piperazine rings is 1. The average molecular weight is 461 g/mol. The van der Waals surface area contributed by atoms with Crippen LogP contribution in [0.2, 0.25) is 0 Å². The molecule has 1 aliphatic rings. The van der Waals surface area contributed by atoms with Crippen LogP contribution in [0.4, 0.5) is 23.2 Å². The van der Waals surface area contributed by atoms with E-state index in [9.17, 15) is 22.4 Å². The number of alkyl halides is 3. The van der Waals surface area contributed by atoms with Gasteiger partial charge < -0.3 is 14.6 Å². The number of nitrogens with zero attached hydrogens (tertiary/aromatic N) is 2. The monoisotopic (exact) mass is 461 g/mol. The fraction of sp³-hybridized carbons (Fsp3) is 0.292. The van der Waals surface area contributed by atoms with Crippen molar-refractivity contribution in [3.8, 4) is 0 Å². The lowest BCUT2D eigenvalue weighted by molar-refractivity contribution is -0.137. The Hall–Kier alpha value is -3.33. The molecule has 1 aliphatic heterocycles. The fourth-order valence-corrected chi connectivity index (χ4v) is 3.98. The van der Waals surface area contributed by atoms with Crippen LogP contribution in [0.1, 0.15) is 27.7 Å². The molecule has 1 amide bonds. The molecule has 2 heterocycles. The number of furan rings is 1. The molecule has 33 heavy (non-hydrogen) atoms. The molecule has 0 bridgehead atoms. The Balaban J connectivity index is 1.40. The number of carbonyl (C=O) groups is 1. The highest BCUT2D eigenvalue weighted by molar-refractivity contribution is 5.94. The quantitative estimate of drug-likeness (QED) is 0.540. The standard InChI is InChI=1S/C24H23F4N3O2/c25-19-4-1-2-5-20(19)30-11-13-31(14-12-30)21(22-6-3-15-33-22)16-29-23(32)17-7-9-18(10-8-17)24(26,27)28/h1-10,15,21H,11-14,16H2,(H,29,32)/t21-/m0/s1. The lowest BCUT2D eigenvalue weighted by atomic mass is 10.1. The second-order valence-electron chi connectivity index (χ2n) is 7.79.